The van der Waals surface area contributed by atoms with Crippen molar-refractivity contribution in [3.8, 4) is 16.9 Å². The molecule has 272 valence electrons. The third kappa shape index (κ3) is 8.39. The number of hydrogen-bond acceptors (Lipinski definition) is 7. The second-order valence-corrected chi connectivity index (χ2v) is 15.6. The van der Waals surface area contributed by atoms with Crippen LogP contribution >= 0.6 is 0 Å². The van der Waals surface area contributed by atoms with Crippen molar-refractivity contribution in [2.45, 2.75) is 85.0 Å². The highest BCUT2D eigenvalue weighted by Gasteiger charge is 2.31. The van der Waals surface area contributed by atoms with Gasteiger partial charge >= 0.3 is 6.09 Å². The average Bonchev–Trinajstić information content (AvgIpc) is 3.71. The number of carbonyl (C=O) groups is 2. The van der Waals surface area contributed by atoms with Gasteiger partial charge in [-0.1, -0.05) is 63.2 Å². The molecule has 1 aliphatic rings. The lowest BCUT2D eigenvalue weighted by atomic mass is 9.87. The summed E-state index contributed by atoms with van der Waals surface area (Å²) in [4.78, 5) is 32.4. The Labute approximate surface area is 306 Å². The van der Waals surface area contributed by atoms with Gasteiger partial charge in [-0.3, -0.25) is 4.79 Å². The molecule has 10 heteroatoms. The van der Waals surface area contributed by atoms with Gasteiger partial charge in [0.1, 0.15) is 11.4 Å². The monoisotopic (exact) mass is 702 g/mol. The summed E-state index contributed by atoms with van der Waals surface area (Å²) in [5.74, 6) is 1.41. The first-order valence-electron chi connectivity index (χ1n) is 17.9. The fourth-order valence-corrected chi connectivity index (χ4v) is 6.55. The Balaban J connectivity index is 1.27. The van der Waals surface area contributed by atoms with Crippen molar-refractivity contribution in [2.75, 3.05) is 25.5 Å². The van der Waals surface area contributed by atoms with Crippen molar-refractivity contribution in [1.82, 2.24) is 25.0 Å². The molecule has 1 aliphatic heterocycles. The summed E-state index contributed by atoms with van der Waals surface area (Å²) in [6.45, 7) is 16.2. The van der Waals surface area contributed by atoms with Gasteiger partial charge in [0, 0.05) is 37.4 Å². The number of benzene rings is 3. The first kappa shape index (κ1) is 36.4. The van der Waals surface area contributed by atoms with E-state index in [1.165, 1.54) is 5.56 Å². The number of methoxy groups -OCH3 is 1. The van der Waals surface area contributed by atoms with E-state index < -0.39 is 5.60 Å². The number of pyridine rings is 1. The number of ether oxygens (including phenoxy) is 2. The molecule has 0 spiro atoms. The van der Waals surface area contributed by atoms with Gasteiger partial charge in [-0.25, -0.2) is 14.5 Å². The van der Waals surface area contributed by atoms with E-state index in [1.807, 2.05) is 86.2 Å². The molecule has 0 unspecified atom stereocenters. The summed E-state index contributed by atoms with van der Waals surface area (Å²) in [7, 11) is 1.66. The largest absolute Gasteiger partial charge is 0.497 e. The summed E-state index contributed by atoms with van der Waals surface area (Å²) >= 11 is 0. The molecule has 2 N–H and O–H groups in total. The van der Waals surface area contributed by atoms with Crippen LogP contribution in [-0.4, -0.2) is 63.5 Å². The number of rotatable bonds is 9. The SMILES string of the molecule is COc1ccc(Cn2nc(N[C@@H]3CCN(C(=O)OC(C)(C)C)C3)c3c(-c4ccc(CNC(=O)c5ccc(C(C)(C)C)cc5)cc4C)ccnc32)cc1. The zero-order valence-corrected chi connectivity index (χ0v) is 31.5. The number of hydrogen-bond donors (Lipinski definition) is 2. The Morgan fingerprint density at radius 3 is 2.27 bits per heavy atom. The van der Waals surface area contributed by atoms with E-state index in [0.717, 1.165) is 56.8 Å². The first-order chi connectivity index (χ1) is 24.7. The van der Waals surface area contributed by atoms with Crippen LogP contribution in [0.25, 0.3) is 22.2 Å². The second-order valence-electron chi connectivity index (χ2n) is 15.6. The van der Waals surface area contributed by atoms with Gasteiger partial charge in [0.2, 0.25) is 0 Å². The molecule has 2 amide bonds. The van der Waals surface area contributed by atoms with Gasteiger partial charge in [-0.15, -0.1) is 0 Å². The topological polar surface area (TPSA) is 111 Å². The van der Waals surface area contributed by atoms with E-state index in [-0.39, 0.29) is 23.5 Å². The van der Waals surface area contributed by atoms with Crippen molar-refractivity contribution in [1.29, 1.82) is 0 Å². The van der Waals surface area contributed by atoms with E-state index in [2.05, 4.69) is 56.5 Å². The molecule has 0 saturated carbocycles. The molecular formula is C42H50N6O4. The van der Waals surface area contributed by atoms with E-state index in [1.54, 1.807) is 12.0 Å². The lowest BCUT2D eigenvalue weighted by Crippen LogP contribution is -2.36. The maximum Gasteiger partial charge on any atom is 0.410 e. The molecule has 5 aromatic rings. The Morgan fingerprint density at radius 2 is 1.62 bits per heavy atom. The number of aromatic nitrogens is 3. The van der Waals surface area contributed by atoms with Gasteiger partial charge in [0.15, 0.2) is 11.5 Å². The van der Waals surface area contributed by atoms with Crippen LogP contribution in [0.1, 0.15) is 80.6 Å². The fraction of sp³-hybridized carbons (Fsp3) is 0.381. The Bertz CT molecular complexity index is 2060. The van der Waals surface area contributed by atoms with Gasteiger partial charge in [0.05, 0.1) is 19.0 Å². The van der Waals surface area contributed by atoms with Crippen LogP contribution in [0, 0.1) is 6.92 Å². The summed E-state index contributed by atoms with van der Waals surface area (Å²) in [5, 5.41) is 12.7. The number of carbonyl (C=O) groups excluding carboxylic acids is 2. The van der Waals surface area contributed by atoms with Crippen LogP contribution in [0.5, 0.6) is 5.75 Å². The molecule has 52 heavy (non-hydrogen) atoms. The molecule has 1 fully saturated rings. The molecule has 10 nitrogen and oxygen atoms in total. The average molecular weight is 703 g/mol. The van der Waals surface area contributed by atoms with Crippen LogP contribution in [0.3, 0.4) is 0 Å². The van der Waals surface area contributed by atoms with E-state index in [4.69, 9.17) is 19.6 Å². The third-order valence-electron chi connectivity index (χ3n) is 9.35. The van der Waals surface area contributed by atoms with E-state index in [9.17, 15) is 9.59 Å². The van der Waals surface area contributed by atoms with Crippen molar-refractivity contribution in [3.05, 3.63) is 107 Å². The Hall–Kier alpha value is -5.38. The predicted octanol–water partition coefficient (Wildman–Crippen LogP) is 8.11. The number of anilines is 1. The molecule has 2 aromatic heterocycles. The van der Waals surface area contributed by atoms with Crippen molar-refractivity contribution < 1.29 is 19.1 Å². The number of likely N-dealkylation sites (tertiary alicyclic amines) is 1. The van der Waals surface area contributed by atoms with E-state index in [0.29, 0.717) is 31.7 Å². The maximum absolute atomic E-state index is 13.0. The maximum atomic E-state index is 13.0. The van der Waals surface area contributed by atoms with Crippen molar-refractivity contribution >= 4 is 28.9 Å². The predicted molar refractivity (Wildman–Crippen MR) is 206 cm³/mol. The number of amides is 2. The zero-order chi connectivity index (χ0) is 37.2. The van der Waals surface area contributed by atoms with Crippen LogP contribution < -0.4 is 15.4 Å². The number of aryl methyl sites for hydroxylation is 1. The highest BCUT2D eigenvalue weighted by Crippen LogP contribution is 2.36. The molecule has 0 radical (unpaired) electrons. The molecular weight excluding hydrogens is 653 g/mol. The Kier molecular flexibility index (Phi) is 10.3. The van der Waals surface area contributed by atoms with Gasteiger partial charge < -0.3 is 25.0 Å². The Morgan fingerprint density at radius 1 is 0.904 bits per heavy atom. The lowest BCUT2D eigenvalue weighted by Gasteiger charge is -2.24. The highest BCUT2D eigenvalue weighted by molar-refractivity contribution is 6.01. The highest BCUT2D eigenvalue weighted by atomic mass is 16.6. The smallest absolute Gasteiger partial charge is 0.410 e. The molecule has 6 rings (SSSR count). The summed E-state index contributed by atoms with van der Waals surface area (Å²) in [6.07, 6.45) is 2.28. The third-order valence-corrected chi connectivity index (χ3v) is 9.35. The molecule has 0 aliphatic carbocycles. The molecule has 3 heterocycles. The zero-order valence-electron chi connectivity index (χ0n) is 31.5. The number of nitrogens with one attached hydrogen (secondary N) is 2. The summed E-state index contributed by atoms with van der Waals surface area (Å²) < 4.78 is 12.9. The van der Waals surface area contributed by atoms with Gasteiger partial charge in [-0.2, -0.15) is 5.10 Å². The van der Waals surface area contributed by atoms with Gasteiger partial charge in [0.25, 0.3) is 5.91 Å². The standard InChI is InChI=1S/C42H50N6O4/c1-27-23-29(24-44-39(49)30-12-14-31(15-13-30)41(2,3)4)11-18-34(27)35-19-21-43-38-36(35)37(46-48(38)25-28-9-16-33(51-8)17-10-28)45-32-20-22-47(26-32)40(50)52-42(5,6)7/h9-19,21,23,32H,20,22,24-26H2,1-8H3,(H,44,49)(H,45,46)/t32-/m1/s1. The number of fused-ring (bicyclic) bond motifs is 1. The molecule has 1 saturated heterocycles. The molecule has 1 atom stereocenters. The van der Waals surface area contributed by atoms with Crippen LogP contribution in [-0.2, 0) is 23.2 Å². The van der Waals surface area contributed by atoms with Crippen molar-refractivity contribution in [3.63, 3.8) is 0 Å². The quantitative estimate of drug-likeness (QED) is 0.160. The minimum Gasteiger partial charge on any atom is -0.497 e. The lowest BCUT2D eigenvalue weighted by molar-refractivity contribution is 0.0293. The second kappa shape index (κ2) is 14.7. The molecule has 0 bridgehead atoms. The summed E-state index contributed by atoms with van der Waals surface area (Å²) in [5.41, 5.74) is 7.25. The van der Waals surface area contributed by atoms with Crippen LogP contribution in [0.4, 0.5) is 10.6 Å². The minimum absolute atomic E-state index is 0.00939. The fourth-order valence-electron chi connectivity index (χ4n) is 6.55. The summed E-state index contributed by atoms with van der Waals surface area (Å²) in [6, 6.07) is 24.1. The van der Waals surface area contributed by atoms with Crippen molar-refractivity contribution in [2.24, 2.45) is 0 Å². The van der Waals surface area contributed by atoms with Gasteiger partial charge in [-0.05, 0) is 103 Å². The van der Waals surface area contributed by atoms with E-state index >= 15 is 0 Å². The van der Waals surface area contributed by atoms with Crippen LogP contribution in [0.15, 0.2) is 79.0 Å². The number of nitrogens with zero attached hydrogens (tertiary/aromatic N) is 4. The first-order valence-corrected chi connectivity index (χ1v) is 17.9. The normalized spacial score (nSPS) is 14.8. The van der Waals surface area contributed by atoms with Crippen LogP contribution in [0.2, 0.25) is 0 Å². The molecule has 3 aromatic carbocycles. The minimum atomic E-state index is -0.559.